The van der Waals surface area contributed by atoms with Crippen molar-refractivity contribution < 1.29 is 22.7 Å². The number of halogens is 1. The number of ether oxygens (including phenoxy) is 1. The molecule has 0 saturated heterocycles. The second kappa shape index (κ2) is 15.9. The summed E-state index contributed by atoms with van der Waals surface area (Å²) in [6.45, 7) is 3.44. The summed E-state index contributed by atoms with van der Waals surface area (Å²) in [4.78, 5) is 30.0. The van der Waals surface area contributed by atoms with Crippen LogP contribution in [0.15, 0.2) is 114 Å². The molecule has 0 saturated carbocycles. The second-order valence-electron chi connectivity index (χ2n) is 10.7. The summed E-state index contributed by atoms with van der Waals surface area (Å²) < 4.78 is 35.6. The molecule has 0 radical (unpaired) electrons. The molecular formula is C35H38IN3O5S. The lowest BCUT2D eigenvalue weighted by atomic mass is 10.0. The molecule has 4 aromatic carbocycles. The molecule has 0 bridgehead atoms. The molecule has 0 heterocycles. The van der Waals surface area contributed by atoms with Gasteiger partial charge in [0.2, 0.25) is 11.8 Å². The van der Waals surface area contributed by atoms with E-state index >= 15 is 0 Å². The maximum Gasteiger partial charge on any atom is 0.264 e. The van der Waals surface area contributed by atoms with Gasteiger partial charge in [0, 0.05) is 22.6 Å². The Morgan fingerprint density at radius 1 is 0.867 bits per heavy atom. The predicted molar refractivity (Wildman–Crippen MR) is 186 cm³/mol. The number of methoxy groups -OCH3 is 1. The van der Waals surface area contributed by atoms with E-state index in [1.54, 1.807) is 55.6 Å². The van der Waals surface area contributed by atoms with Crippen molar-refractivity contribution in [2.75, 3.05) is 18.0 Å². The SMILES string of the molecule is CCC(C)NC(=O)C(Cc1ccccc1)N(Cc1cccc(OC)c1)C(=O)CN(c1ccc(I)cc1)S(=O)(=O)c1ccccc1. The van der Waals surface area contributed by atoms with Gasteiger partial charge in [0.25, 0.3) is 10.0 Å². The summed E-state index contributed by atoms with van der Waals surface area (Å²) in [6.07, 6.45) is 0.956. The average Bonchev–Trinajstić information content (AvgIpc) is 3.06. The van der Waals surface area contributed by atoms with E-state index in [1.165, 1.54) is 17.0 Å². The maximum absolute atomic E-state index is 14.5. The molecule has 0 aliphatic carbocycles. The highest BCUT2D eigenvalue weighted by molar-refractivity contribution is 14.1. The molecular weight excluding hydrogens is 701 g/mol. The van der Waals surface area contributed by atoms with Gasteiger partial charge < -0.3 is 15.0 Å². The van der Waals surface area contributed by atoms with E-state index in [0.29, 0.717) is 17.9 Å². The molecule has 0 aliphatic heterocycles. The molecule has 0 fully saturated rings. The van der Waals surface area contributed by atoms with Crippen molar-refractivity contribution in [2.45, 2.75) is 50.2 Å². The summed E-state index contributed by atoms with van der Waals surface area (Å²) in [5.41, 5.74) is 1.96. The molecule has 2 unspecified atom stereocenters. The Bertz CT molecular complexity index is 1670. The van der Waals surface area contributed by atoms with Crippen LogP contribution in [0.5, 0.6) is 5.75 Å². The molecule has 2 atom stereocenters. The van der Waals surface area contributed by atoms with Crippen LogP contribution in [-0.4, -0.2) is 50.9 Å². The first-order valence-corrected chi connectivity index (χ1v) is 17.2. The molecule has 0 aromatic heterocycles. The molecule has 0 aliphatic rings. The number of nitrogens with one attached hydrogen (secondary N) is 1. The van der Waals surface area contributed by atoms with Crippen molar-refractivity contribution in [3.63, 3.8) is 0 Å². The number of sulfonamides is 1. The van der Waals surface area contributed by atoms with Crippen LogP contribution in [0.3, 0.4) is 0 Å². The monoisotopic (exact) mass is 739 g/mol. The van der Waals surface area contributed by atoms with Crippen molar-refractivity contribution in [2.24, 2.45) is 0 Å². The Labute approximate surface area is 279 Å². The Balaban J connectivity index is 1.81. The minimum Gasteiger partial charge on any atom is -0.497 e. The van der Waals surface area contributed by atoms with Crippen molar-refractivity contribution in [3.8, 4) is 5.75 Å². The Morgan fingerprint density at radius 2 is 1.49 bits per heavy atom. The van der Waals surface area contributed by atoms with Crippen molar-refractivity contribution in [1.29, 1.82) is 0 Å². The van der Waals surface area contributed by atoms with E-state index in [9.17, 15) is 18.0 Å². The molecule has 10 heteroatoms. The number of anilines is 1. The zero-order valence-corrected chi connectivity index (χ0v) is 28.6. The fourth-order valence-corrected chi connectivity index (χ4v) is 6.61. The van der Waals surface area contributed by atoms with Crippen LogP contribution in [0.2, 0.25) is 0 Å². The van der Waals surface area contributed by atoms with Gasteiger partial charge in [-0.1, -0.05) is 67.6 Å². The van der Waals surface area contributed by atoms with Gasteiger partial charge in [-0.15, -0.1) is 0 Å². The highest BCUT2D eigenvalue weighted by Gasteiger charge is 2.35. The van der Waals surface area contributed by atoms with Gasteiger partial charge >= 0.3 is 0 Å². The first-order chi connectivity index (χ1) is 21.6. The number of hydrogen-bond acceptors (Lipinski definition) is 5. The van der Waals surface area contributed by atoms with E-state index < -0.39 is 28.5 Å². The summed E-state index contributed by atoms with van der Waals surface area (Å²) >= 11 is 2.15. The van der Waals surface area contributed by atoms with E-state index in [4.69, 9.17) is 4.74 Å². The molecule has 8 nitrogen and oxygen atoms in total. The smallest absolute Gasteiger partial charge is 0.264 e. The lowest BCUT2D eigenvalue weighted by Crippen LogP contribution is -2.54. The van der Waals surface area contributed by atoms with Gasteiger partial charge in [0.05, 0.1) is 17.7 Å². The number of hydrogen-bond donors (Lipinski definition) is 1. The quantitative estimate of drug-likeness (QED) is 0.159. The van der Waals surface area contributed by atoms with Gasteiger partial charge in [-0.05, 0) is 95.6 Å². The lowest BCUT2D eigenvalue weighted by Gasteiger charge is -2.34. The number of carbonyl (C=O) groups is 2. The van der Waals surface area contributed by atoms with Gasteiger partial charge in [-0.2, -0.15) is 0 Å². The van der Waals surface area contributed by atoms with Crippen LogP contribution in [-0.2, 0) is 32.6 Å². The number of amides is 2. The highest BCUT2D eigenvalue weighted by Crippen LogP contribution is 2.26. The molecule has 4 aromatic rings. The van der Waals surface area contributed by atoms with Crippen LogP contribution >= 0.6 is 22.6 Å². The largest absolute Gasteiger partial charge is 0.497 e. The molecule has 4 rings (SSSR count). The number of rotatable bonds is 14. The second-order valence-corrected chi connectivity index (χ2v) is 13.8. The summed E-state index contributed by atoms with van der Waals surface area (Å²) in [5.74, 6) is -0.219. The van der Waals surface area contributed by atoms with E-state index in [2.05, 4.69) is 27.9 Å². The topological polar surface area (TPSA) is 96.0 Å². The summed E-state index contributed by atoms with van der Waals surface area (Å²) in [6, 6.07) is 30.7. The minimum absolute atomic E-state index is 0.0612. The van der Waals surface area contributed by atoms with Crippen molar-refractivity contribution in [1.82, 2.24) is 10.2 Å². The fourth-order valence-electron chi connectivity index (χ4n) is 4.82. The molecule has 2 amide bonds. The van der Waals surface area contributed by atoms with Gasteiger partial charge in [0.1, 0.15) is 18.3 Å². The zero-order valence-electron chi connectivity index (χ0n) is 25.6. The van der Waals surface area contributed by atoms with Crippen molar-refractivity contribution >= 4 is 50.1 Å². The third kappa shape index (κ3) is 9.07. The summed E-state index contributed by atoms with van der Waals surface area (Å²) in [5, 5.41) is 3.05. The first-order valence-electron chi connectivity index (χ1n) is 14.7. The standard InChI is InChI=1S/C35H38IN3O5S/c1-4-26(2)37-35(41)33(23-27-12-7-5-8-13-27)38(24-28-14-11-15-31(22-28)44-3)34(40)25-39(30-20-18-29(36)19-21-30)45(42,43)32-16-9-6-10-17-32/h5-22,26,33H,4,23-25H2,1-3H3,(H,37,41). The highest BCUT2D eigenvalue weighted by atomic mass is 127. The van der Waals surface area contributed by atoms with E-state index in [1.807, 2.05) is 62.4 Å². The van der Waals surface area contributed by atoms with Gasteiger partial charge in [-0.25, -0.2) is 8.42 Å². The van der Waals surface area contributed by atoms with Gasteiger partial charge in [-0.3, -0.25) is 13.9 Å². The van der Waals surface area contributed by atoms with Crippen LogP contribution in [0.1, 0.15) is 31.4 Å². The Hall–Kier alpha value is -3.90. The first kappa shape index (κ1) is 34.0. The maximum atomic E-state index is 14.5. The number of carbonyl (C=O) groups excluding carboxylic acids is 2. The van der Waals surface area contributed by atoms with Crippen molar-refractivity contribution in [3.05, 3.63) is 124 Å². The molecule has 0 spiro atoms. The normalized spacial score (nSPS) is 12.5. The van der Waals surface area contributed by atoms with Crippen LogP contribution in [0, 0.1) is 3.57 Å². The number of nitrogens with zero attached hydrogens (tertiary/aromatic N) is 2. The van der Waals surface area contributed by atoms with Crippen LogP contribution in [0.25, 0.3) is 0 Å². The average molecular weight is 740 g/mol. The predicted octanol–water partition coefficient (Wildman–Crippen LogP) is 6.05. The lowest BCUT2D eigenvalue weighted by molar-refractivity contribution is -0.140. The van der Waals surface area contributed by atoms with Gasteiger partial charge in [0.15, 0.2) is 0 Å². The van der Waals surface area contributed by atoms with E-state index in [0.717, 1.165) is 19.0 Å². The Morgan fingerprint density at radius 3 is 2.11 bits per heavy atom. The Kier molecular flexibility index (Phi) is 12.0. The van der Waals surface area contributed by atoms with Crippen LogP contribution in [0.4, 0.5) is 5.69 Å². The van der Waals surface area contributed by atoms with Crippen LogP contribution < -0.4 is 14.4 Å². The third-order valence-corrected chi connectivity index (χ3v) is 9.99. The molecule has 236 valence electrons. The fraction of sp³-hybridized carbons (Fsp3) is 0.257. The number of benzene rings is 4. The third-order valence-electron chi connectivity index (χ3n) is 7.48. The zero-order chi connectivity index (χ0) is 32.4. The molecule has 1 N–H and O–H groups in total. The van der Waals surface area contributed by atoms with E-state index in [-0.39, 0.29) is 29.8 Å². The molecule has 45 heavy (non-hydrogen) atoms. The minimum atomic E-state index is -4.14. The summed E-state index contributed by atoms with van der Waals surface area (Å²) in [7, 11) is -2.58.